The van der Waals surface area contributed by atoms with Gasteiger partial charge in [-0.05, 0) is 24.6 Å². The van der Waals surface area contributed by atoms with E-state index in [-0.39, 0.29) is 18.7 Å². The number of aryl methyl sites for hydroxylation is 1. The van der Waals surface area contributed by atoms with Gasteiger partial charge in [0.05, 0.1) is 31.5 Å². The summed E-state index contributed by atoms with van der Waals surface area (Å²) in [6.07, 6.45) is -2.74. The maximum atomic E-state index is 12.8. The van der Waals surface area contributed by atoms with Gasteiger partial charge in [0.25, 0.3) is 0 Å². The van der Waals surface area contributed by atoms with E-state index in [9.17, 15) is 13.2 Å². The van der Waals surface area contributed by atoms with Gasteiger partial charge in [-0.25, -0.2) is 4.68 Å². The van der Waals surface area contributed by atoms with Crippen molar-refractivity contribution in [3.8, 4) is 0 Å². The lowest BCUT2D eigenvalue weighted by atomic mass is 10.1. The molecule has 0 amide bonds. The summed E-state index contributed by atoms with van der Waals surface area (Å²) in [4.78, 5) is 0. The normalized spacial score (nSPS) is 11.7. The van der Waals surface area contributed by atoms with Crippen LogP contribution >= 0.6 is 0 Å². The Morgan fingerprint density at radius 2 is 2.10 bits per heavy atom. The van der Waals surface area contributed by atoms with Gasteiger partial charge in [-0.1, -0.05) is 11.3 Å². The molecule has 0 fully saturated rings. The Bertz CT molecular complexity index is 610. The molecule has 1 heterocycles. The molecule has 1 aromatic carbocycles. The van der Waals surface area contributed by atoms with Gasteiger partial charge in [0.1, 0.15) is 5.69 Å². The Balaban J connectivity index is 2.06. The van der Waals surface area contributed by atoms with Crippen LogP contribution < -0.4 is 5.32 Å². The van der Waals surface area contributed by atoms with Gasteiger partial charge in [-0.15, -0.1) is 5.10 Å². The van der Waals surface area contributed by atoms with Crippen LogP contribution in [-0.2, 0) is 19.3 Å². The zero-order valence-electron chi connectivity index (χ0n) is 11.4. The molecule has 0 bridgehead atoms. The smallest absolute Gasteiger partial charge is 0.394 e. The summed E-state index contributed by atoms with van der Waals surface area (Å²) in [6.45, 7) is 1.96. The molecule has 0 radical (unpaired) electrons. The number of alkyl halides is 3. The van der Waals surface area contributed by atoms with Crippen molar-refractivity contribution in [1.29, 1.82) is 0 Å². The van der Waals surface area contributed by atoms with E-state index in [1.54, 1.807) is 12.3 Å². The zero-order chi connectivity index (χ0) is 15.5. The van der Waals surface area contributed by atoms with Crippen LogP contribution in [-0.4, -0.2) is 26.7 Å². The predicted octanol–water partition coefficient (Wildman–Crippen LogP) is 2.21. The van der Waals surface area contributed by atoms with Crippen molar-refractivity contribution >= 4 is 5.69 Å². The van der Waals surface area contributed by atoms with Crippen LogP contribution in [0.2, 0.25) is 0 Å². The molecule has 0 spiro atoms. The first kappa shape index (κ1) is 15.3. The molecule has 2 aromatic rings. The number of aliphatic hydroxyl groups is 1. The van der Waals surface area contributed by atoms with E-state index in [0.29, 0.717) is 17.9 Å². The average Bonchev–Trinajstić information content (AvgIpc) is 2.85. The number of hydrogen-bond donors (Lipinski definition) is 2. The van der Waals surface area contributed by atoms with Gasteiger partial charge in [-0.3, -0.25) is 0 Å². The second-order valence-electron chi connectivity index (χ2n) is 4.58. The molecule has 0 unspecified atom stereocenters. The lowest BCUT2D eigenvalue weighted by molar-refractivity contribution is -0.138. The minimum Gasteiger partial charge on any atom is -0.394 e. The van der Waals surface area contributed by atoms with Crippen LogP contribution in [0.4, 0.5) is 18.9 Å². The van der Waals surface area contributed by atoms with E-state index in [2.05, 4.69) is 15.6 Å². The van der Waals surface area contributed by atoms with Gasteiger partial charge in [0.15, 0.2) is 0 Å². The molecule has 0 aliphatic rings. The highest BCUT2D eigenvalue weighted by atomic mass is 19.4. The number of nitrogens with zero attached hydrogens (tertiary/aromatic N) is 3. The molecule has 21 heavy (non-hydrogen) atoms. The van der Waals surface area contributed by atoms with E-state index in [0.717, 1.165) is 6.07 Å². The van der Waals surface area contributed by atoms with Crippen LogP contribution in [0.15, 0.2) is 24.4 Å². The Hall–Kier alpha value is -2.09. The van der Waals surface area contributed by atoms with Crippen LogP contribution in [0, 0.1) is 6.92 Å². The third kappa shape index (κ3) is 3.94. The fraction of sp³-hybridized carbons (Fsp3) is 0.385. The average molecular weight is 300 g/mol. The number of aliphatic hydroxyl groups excluding tert-OH is 1. The van der Waals surface area contributed by atoms with Crippen LogP contribution in [0.1, 0.15) is 16.8 Å². The molecule has 5 nitrogen and oxygen atoms in total. The maximum Gasteiger partial charge on any atom is 0.416 e. The van der Waals surface area contributed by atoms with E-state index in [1.807, 2.05) is 0 Å². The summed E-state index contributed by atoms with van der Waals surface area (Å²) in [5.41, 5.74) is 0.473. The molecule has 114 valence electrons. The summed E-state index contributed by atoms with van der Waals surface area (Å²) in [5.74, 6) is 0. The number of nitrogens with one attached hydrogen (secondary N) is 1. The second kappa shape index (κ2) is 6.13. The first-order valence-electron chi connectivity index (χ1n) is 6.32. The Labute approximate surface area is 119 Å². The molecule has 0 aliphatic carbocycles. The minimum atomic E-state index is -4.37. The summed E-state index contributed by atoms with van der Waals surface area (Å²) >= 11 is 0. The van der Waals surface area contributed by atoms with Crippen molar-refractivity contribution < 1.29 is 18.3 Å². The molecule has 0 atom stereocenters. The van der Waals surface area contributed by atoms with Crippen LogP contribution in [0.25, 0.3) is 0 Å². The first-order valence-corrected chi connectivity index (χ1v) is 6.32. The van der Waals surface area contributed by atoms with Crippen molar-refractivity contribution in [2.45, 2.75) is 26.2 Å². The van der Waals surface area contributed by atoms with Crippen LogP contribution in [0.5, 0.6) is 0 Å². The molecule has 8 heteroatoms. The standard InChI is InChI=1S/C13H15F3N4O/c1-9-2-3-10(6-12(9)13(14,15)16)17-7-11-8-20(4-5-21)19-18-11/h2-3,6,8,17,21H,4-5,7H2,1H3. The largest absolute Gasteiger partial charge is 0.416 e. The molecule has 0 saturated heterocycles. The number of anilines is 1. The summed E-state index contributed by atoms with van der Waals surface area (Å²) in [6, 6.07) is 4.09. The molecule has 0 aliphatic heterocycles. The lowest BCUT2D eigenvalue weighted by Gasteiger charge is -2.12. The number of benzene rings is 1. The van der Waals surface area contributed by atoms with Crippen molar-refractivity contribution in [1.82, 2.24) is 15.0 Å². The number of rotatable bonds is 5. The molecular weight excluding hydrogens is 285 g/mol. The zero-order valence-corrected chi connectivity index (χ0v) is 11.4. The van der Waals surface area contributed by atoms with Gasteiger partial charge >= 0.3 is 6.18 Å². The van der Waals surface area contributed by atoms with E-state index in [4.69, 9.17) is 5.11 Å². The maximum absolute atomic E-state index is 12.8. The van der Waals surface area contributed by atoms with E-state index < -0.39 is 11.7 Å². The van der Waals surface area contributed by atoms with Gasteiger partial charge in [-0.2, -0.15) is 13.2 Å². The highest BCUT2D eigenvalue weighted by molar-refractivity contribution is 5.49. The molecule has 1 aromatic heterocycles. The molecule has 2 rings (SSSR count). The fourth-order valence-electron chi connectivity index (χ4n) is 1.86. The molecule has 2 N–H and O–H groups in total. The minimum absolute atomic E-state index is 0.0524. The quantitative estimate of drug-likeness (QED) is 0.888. The summed E-state index contributed by atoms with van der Waals surface area (Å²) in [7, 11) is 0. The lowest BCUT2D eigenvalue weighted by Crippen LogP contribution is -2.09. The SMILES string of the molecule is Cc1ccc(NCc2cn(CCO)nn2)cc1C(F)(F)F. The van der Waals surface area contributed by atoms with E-state index in [1.165, 1.54) is 17.7 Å². The van der Waals surface area contributed by atoms with Crippen molar-refractivity contribution in [3.05, 3.63) is 41.2 Å². The number of halogens is 3. The van der Waals surface area contributed by atoms with Crippen LogP contribution in [0.3, 0.4) is 0 Å². The van der Waals surface area contributed by atoms with Gasteiger partial charge < -0.3 is 10.4 Å². The van der Waals surface area contributed by atoms with Crippen molar-refractivity contribution in [3.63, 3.8) is 0 Å². The third-order valence-electron chi connectivity index (χ3n) is 2.93. The highest BCUT2D eigenvalue weighted by Crippen LogP contribution is 2.33. The summed E-state index contributed by atoms with van der Waals surface area (Å²) < 4.78 is 39.9. The molecular formula is C13H15F3N4O. The monoisotopic (exact) mass is 300 g/mol. The highest BCUT2D eigenvalue weighted by Gasteiger charge is 2.32. The van der Waals surface area contributed by atoms with Gasteiger partial charge in [0.2, 0.25) is 0 Å². The Morgan fingerprint density at radius 3 is 2.76 bits per heavy atom. The number of hydrogen-bond acceptors (Lipinski definition) is 4. The van der Waals surface area contributed by atoms with Gasteiger partial charge in [0, 0.05) is 5.69 Å². The predicted molar refractivity (Wildman–Crippen MR) is 70.6 cm³/mol. The second-order valence-corrected chi connectivity index (χ2v) is 4.58. The fourth-order valence-corrected chi connectivity index (χ4v) is 1.86. The first-order chi connectivity index (χ1) is 9.90. The topological polar surface area (TPSA) is 63.0 Å². The number of aromatic nitrogens is 3. The Kier molecular flexibility index (Phi) is 4.46. The molecule has 0 saturated carbocycles. The summed E-state index contributed by atoms with van der Waals surface area (Å²) in [5, 5.41) is 19.3. The van der Waals surface area contributed by atoms with E-state index >= 15 is 0 Å². The van der Waals surface area contributed by atoms with Crippen molar-refractivity contribution in [2.24, 2.45) is 0 Å². The third-order valence-corrected chi connectivity index (χ3v) is 2.93. The van der Waals surface area contributed by atoms with Crippen molar-refractivity contribution in [2.75, 3.05) is 11.9 Å². The Morgan fingerprint density at radius 1 is 1.33 bits per heavy atom.